The summed E-state index contributed by atoms with van der Waals surface area (Å²) in [7, 11) is 0. The summed E-state index contributed by atoms with van der Waals surface area (Å²) in [5, 5.41) is 11.9. The summed E-state index contributed by atoms with van der Waals surface area (Å²) in [6.07, 6.45) is 4.90. The molecule has 0 unspecified atom stereocenters. The number of hydrazine groups is 1. The Balaban J connectivity index is 1.66. The number of rotatable bonds is 2. The van der Waals surface area contributed by atoms with E-state index in [4.69, 9.17) is 0 Å². The van der Waals surface area contributed by atoms with Crippen LogP contribution in [0.1, 0.15) is 6.42 Å². The molecule has 2 aliphatic carbocycles. The van der Waals surface area contributed by atoms with Crippen LogP contribution in [-0.4, -0.2) is 16.7 Å². The summed E-state index contributed by atoms with van der Waals surface area (Å²) in [6, 6.07) is 5.59. The summed E-state index contributed by atoms with van der Waals surface area (Å²) < 4.78 is 0. The second kappa shape index (κ2) is 4.40. The van der Waals surface area contributed by atoms with Crippen molar-refractivity contribution >= 4 is 23.2 Å². The van der Waals surface area contributed by atoms with Crippen molar-refractivity contribution in [2.45, 2.75) is 6.42 Å². The zero-order valence-corrected chi connectivity index (χ0v) is 11.5. The third kappa shape index (κ3) is 1.68. The standard InChI is InChI=1S/C15H13N3O4/c19-14-12-8-1-2-9(7-8)13(12)15(20)17(16-14)10-3-5-11(6-4-10)18(21)22/h1-6,8-9,12-13H,7H2,(H,16,19)/t8-,9-,12+,13+/m0/s1. The molecule has 1 aliphatic heterocycles. The third-order valence-corrected chi connectivity index (χ3v) is 4.81. The first-order valence-corrected chi connectivity index (χ1v) is 7.13. The molecule has 112 valence electrons. The molecule has 4 rings (SSSR count). The van der Waals surface area contributed by atoms with Gasteiger partial charge in [0.25, 0.3) is 5.69 Å². The normalized spacial score (nSPS) is 32.1. The summed E-state index contributed by atoms with van der Waals surface area (Å²) in [4.78, 5) is 35.2. The number of hydrogen-bond acceptors (Lipinski definition) is 4. The van der Waals surface area contributed by atoms with Crippen molar-refractivity contribution in [1.82, 2.24) is 5.43 Å². The Morgan fingerprint density at radius 2 is 1.73 bits per heavy atom. The Kier molecular flexibility index (Phi) is 2.60. The lowest BCUT2D eigenvalue weighted by molar-refractivity contribution is -0.384. The summed E-state index contributed by atoms with van der Waals surface area (Å²) in [6.45, 7) is 0. The molecule has 1 saturated carbocycles. The average Bonchev–Trinajstić information content (AvgIpc) is 3.12. The van der Waals surface area contributed by atoms with Crippen LogP contribution >= 0.6 is 0 Å². The number of carbonyl (C=O) groups is 2. The van der Waals surface area contributed by atoms with Gasteiger partial charge in [-0.15, -0.1) is 0 Å². The monoisotopic (exact) mass is 299 g/mol. The highest BCUT2D eigenvalue weighted by molar-refractivity contribution is 6.05. The largest absolute Gasteiger partial charge is 0.273 e. The van der Waals surface area contributed by atoms with E-state index in [1.807, 2.05) is 12.2 Å². The van der Waals surface area contributed by atoms with Gasteiger partial charge in [-0.05, 0) is 30.4 Å². The number of amides is 2. The number of anilines is 1. The molecule has 1 saturated heterocycles. The van der Waals surface area contributed by atoms with E-state index >= 15 is 0 Å². The SMILES string of the molecule is O=C1NN(c2ccc([N+](=O)[O-])cc2)C(=O)[C@H]2[C@H]1[C@H]1C=C[C@H]2C1. The number of nitrogens with zero attached hydrogens (tertiary/aromatic N) is 2. The molecular weight excluding hydrogens is 286 g/mol. The van der Waals surface area contributed by atoms with Gasteiger partial charge in [-0.1, -0.05) is 12.2 Å². The molecule has 2 fully saturated rings. The zero-order chi connectivity index (χ0) is 15.4. The minimum atomic E-state index is -0.503. The Labute approximate surface area is 125 Å². The van der Waals surface area contributed by atoms with Crippen LogP contribution in [0.2, 0.25) is 0 Å². The van der Waals surface area contributed by atoms with Gasteiger partial charge in [-0.2, -0.15) is 0 Å². The number of carbonyl (C=O) groups excluding carboxylic acids is 2. The van der Waals surface area contributed by atoms with Gasteiger partial charge in [0, 0.05) is 12.1 Å². The van der Waals surface area contributed by atoms with E-state index < -0.39 is 4.92 Å². The lowest BCUT2D eigenvalue weighted by atomic mass is 9.80. The molecule has 2 bridgehead atoms. The minimum Gasteiger partial charge on any atom is -0.273 e. The number of allylic oxidation sites excluding steroid dienone is 2. The molecular formula is C15H13N3O4. The van der Waals surface area contributed by atoms with E-state index in [0.29, 0.717) is 5.69 Å². The molecule has 22 heavy (non-hydrogen) atoms. The van der Waals surface area contributed by atoms with Crippen molar-refractivity contribution in [2.24, 2.45) is 23.7 Å². The molecule has 1 aromatic rings. The lowest BCUT2D eigenvalue weighted by Gasteiger charge is -2.37. The molecule has 3 aliphatic rings. The molecule has 2 amide bonds. The predicted octanol–water partition coefficient (Wildman–Crippen LogP) is 1.41. The van der Waals surface area contributed by atoms with Gasteiger partial charge < -0.3 is 0 Å². The number of fused-ring (bicyclic) bond motifs is 5. The Morgan fingerprint density at radius 3 is 2.36 bits per heavy atom. The van der Waals surface area contributed by atoms with E-state index in [2.05, 4.69) is 5.43 Å². The minimum absolute atomic E-state index is 0.0553. The molecule has 7 nitrogen and oxygen atoms in total. The first kappa shape index (κ1) is 13.0. The first-order valence-electron chi connectivity index (χ1n) is 7.13. The quantitative estimate of drug-likeness (QED) is 0.507. The second-order valence-electron chi connectivity index (χ2n) is 5.92. The lowest BCUT2D eigenvalue weighted by Crippen LogP contribution is -2.60. The molecule has 1 heterocycles. The van der Waals surface area contributed by atoms with Gasteiger partial charge >= 0.3 is 0 Å². The van der Waals surface area contributed by atoms with Crippen LogP contribution in [0.4, 0.5) is 11.4 Å². The molecule has 0 spiro atoms. The molecule has 1 aromatic carbocycles. The van der Waals surface area contributed by atoms with Crippen LogP contribution < -0.4 is 10.4 Å². The Morgan fingerprint density at radius 1 is 1.09 bits per heavy atom. The molecule has 7 heteroatoms. The average molecular weight is 299 g/mol. The number of nitrogens with one attached hydrogen (secondary N) is 1. The molecule has 0 radical (unpaired) electrons. The second-order valence-corrected chi connectivity index (χ2v) is 5.92. The van der Waals surface area contributed by atoms with Crippen LogP contribution in [0.5, 0.6) is 0 Å². The highest BCUT2D eigenvalue weighted by Crippen LogP contribution is 2.50. The van der Waals surface area contributed by atoms with Crippen LogP contribution in [0.25, 0.3) is 0 Å². The van der Waals surface area contributed by atoms with Gasteiger partial charge in [-0.25, -0.2) is 5.01 Å². The highest BCUT2D eigenvalue weighted by Gasteiger charge is 2.55. The smallest absolute Gasteiger partial charge is 0.269 e. The first-order chi connectivity index (χ1) is 10.6. The van der Waals surface area contributed by atoms with Gasteiger partial charge in [0.2, 0.25) is 11.8 Å². The maximum atomic E-state index is 12.7. The number of nitro benzene ring substituents is 1. The van der Waals surface area contributed by atoms with E-state index in [0.717, 1.165) is 6.42 Å². The fourth-order valence-electron chi connectivity index (χ4n) is 3.82. The van der Waals surface area contributed by atoms with Crippen LogP contribution in [0, 0.1) is 33.8 Å². The van der Waals surface area contributed by atoms with Crippen molar-refractivity contribution < 1.29 is 14.5 Å². The third-order valence-electron chi connectivity index (χ3n) is 4.81. The fraction of sp³-hybridized carbons (Fsp3) is 0.333. The predicted molar refractivity (Wildman–Crippen MR) is 76.4 cm³/mol. The maximum Gasteiger partial charge on any atom is 0.269 e. The van der Waals surface area contributed by atoms with Crippen molar-refractivity contribution in [3.05, 3.63) is 46.5 Å². The molecule has 0 aromatic heterocycles. The maximum absolute atomic E-state index is 12.7. The van der Waals surface area contributed by atoms with Crippen molar-refractivity contribution in [2.75, 3.05) is 5.01 Å². The number of nitro groups is 1. The highest BCUT2D eigenvalue weighted by atomic mass is 16.6. The van der Waals surface area contributed by atoms with Gasteiger partial charge in [0.15, 0.2) is 0 Å². The number of non-ortho nitro benzene ring substituents is 1. The van der Waals surface area contributed by atoms with Crippen molar-refractivity contribution in [3.63, 3.8) is 0 Å². The van der Waals surface area contributed by atoms with Gasteiger partial charge in [0.1, 0.15) is 0 Å². The zero-order valence-electron chi connectivity index (χ0n) is 11.5. The van der Waals surface area contributed by atoms with E-state index in [9.17, 15) is 19.7 Å². The van der Waals surface area contributed by atoms with Gasteiger partial charge in [-0.3, -0.25) is 25.1 Å². The topological polar surface area (TPSA) is 92.6 Å². The van der Waals surface area contributed by atoms with Crippen LogP contribution in [-0.2, 0) is 9.59 Å². The molecule has 1 N–H and O–H groups in total. The van der Waals surface area contributed by atoms with E-state index in [1.54, 1.807) is 0 Å². The van der Waals surface area contributed by atoms with E-state index in [-0.39, 0.29) is 41.2 Å². The summed E-state index contributed by atoms with van der Waals surface area (Å²) in [5.41, 5.74) is 3.01. The number of benzene rings is 1. The van der Waals surface area contributed by atoms with Crippen LogP contribution in [0.15, 0.2) is 36.4 Å². The Hall–Kier alpha value is -2.70. The summed E-state index contributed by atoms with van der Waals surface area (Å²) in [5.74, 6) is -0.627. The van der Waals surface area contributed by atoms with E-state index in [1.165, 1.54) is 29.3 Å². The number of hydrogen-bond donors (Lipinski definition) is 1. The fourth-order valence-corrected chi connectivity index (χ4v) is 3.82. The van der Waals surface area contributed by atoms with Crippen LogP contribution in [0.3, 0.4) is 0 Å². The summed E-state index contributed by atoms with van der Waals surface area (Å²) >= 11 is 0. The van der Waals surface area contributed by atoms with Crippen molar-refractivity contribution in [3.8, 4) is 0 Å². The molecule has 4 atom stereocenters. The Bertz CT molecular complexity index is 712. The van der Waals surface area contributed by atoms with Crippen molar-refractivity contribution in [1.29, 1.82) is 0 Å². The van der Waals surface area contributed by atoms with Gasteiger partial charge in [0.05, 0.1) is 22.4 Å².